The molecule has 70 heavy (non-hydrogen) atoms. The van der Waals surface area contributed by atoms with Gasteiger partial charge in [-0.05, 0) is 148 Å². The van der Waals surface area contributed by atoms with Crippen molar-refractivity contribution in [1.82, 2.24) is 19.1 Å². The van der Waals surface area contributed by atoms with Crippen LogP contribution in [0.2, 0.25) is 0 Å². The van der Waals surface area contributed by atoms with Gasteiger partial charge in [0.05, 0.1) is 22.1 Å². The Morgan fingerprint density at radius 3 is 1.56 bits per heavy atom. The lowest BCUT2D eigenvalue weighted by atomic mass is 9.89. The minimum Gasteiger partial charge on any atom is -0.485 e. The summed E-state index contributed by atoms with van der Waals surface area (Å²) in [5.74, 6) is 0.914. The zero-order valence-corrected chi connectivity index (χ0v) is 37.8. The normalized spacial score (nSPS) is 14.4. The second-order valence-electron chi connectivity index (χ2n) is 18.5. The lowest BCUT2D eigenvalue weighted by molar-refractivity contribution is 0.281. The number of aromatic nitrogens is 4. The Labute approximate surface area is 402 Å². The Morgan fingerprint density at radius 2 is 0.929 bits per heavy atom. The molecule has 15 rings (SSSR count). The van der Waals surface area contributed by atoms with Crippen molar-refractivity contribution in [3.8, 4) is 50.5 Å². The van der Waals surface area contributed by atoms with Crippen LogP contribution in [0.4, 0.5) is 0 Å². The molecular weight excluding hydrogens is 857 g/mol. The number of allylic oxidation sites excluding steroid dienone is 2. The van der Waals surface area contributed by atoms with Crippen molar-refractivity contribution in [2.75, 3.05) is 0 Å². The molecule has 0 N–H and O–H groups in total. The van der Waals surface area contributed by atoms with E-state index < -0.39 is 0 Å². The third kappa shape index (κ3) is 5.99. The summed E-state index contributed by atoms with van der Waals surface area (Å²) >= 11 is 0. The van der Waals surface area contributed by atoms with Gasteiger partial charge in [0.25, 0.3) is 0 Å². The molecule has 6 heterocycles. The van der Waals surface area contributed by atoms with E-state index in [1.165, 1.54) is 71.5 Å². The smallest absolute Gasteiger partial charge is 0.138 e. The van der Waals surface area contributed by atoms with Gasteiger partial charge in [-0.3, -0.25) is 9.97 Å². The van der Waals surface area contributed by atoms with Crippen LogP contribution in [-0.4, -0.2) is 25.2 Å². The van der Waals surface area contributed by atoms with Crippen LogP contribution >= 0.6 is 0 Å². The van der Waals surface area contributed by atoms with E-state index in [1.807, 2.05) is 24.5 Å². The highest BCUT2D eigenvalue weighted by Gasteiger charge is 2.31. The van der Waals surface area contributed by atoms with Crippen LogP contribution in [0.5, 0.6) is 5.75 Å². The molecule has 13 aromatic rings. The van der Waals surface area contributed by atoms with Gasteiger partial charge in [0.1, 0.15) is 23.0 Å². The predicted octanol–water partition coefficient (Wildman–Crippen LogP) is 16.2. The number of nitrogens with zero attached hydrogens (tertiary/aromatic N) is 4. The molecule has 1 unspecified atom stereocenters. The molecule has 6 heteroatoms. The summed E-state index contributed by atoms with van der Waals surface area (Å²) in [7, 11) is 0. The Hall–Kier alpha value is -9.26. The second kappa shape index (κ2) is 15.1. The summed E-state index contributed by atoms with van der Waals surface area (Å²) in [5.41, 5.74) is 20.4. The van der Waals surface area contributed by atoms with Crippen LogP contribution in [0.15, 0.2) is 229 Å². The highest BCUT2D eigenvalue weighted by atomic mass is 16.5. The molecule has 0 saturated carbocycles. The van der Waals surface area contributed by atoms with Crippen LogP contribution in [0.1, 0.15) is 17.5 Å². The fraction of sp³-hybridized carbons (Fsp3) is 0.0312. The summed E-state index contributed by atoms with van der Waals surface area (Å²) < 4.78 is 17.5. The standard InChI is InChI=1S/C64H40N4O2/c1-3-10-47(11-4-1)67-57-22-16-41(31-51(57)53-33-43(18-24-59(53)67)45-14-20-49-55-37-65-28-26-61(55)69-63(49)35-45)39-8-7-9-40(30-39)42-17-23-58-52(32-42)54-34-44(19-25-60(54)68(58)48-12-5-2-6-13-48)46-15-21-50-56-38-66-29-27-62(56)70-64(50)36-46/h1-35,37-38,64H,36H2. The summed E-state index contributed by atoms with van der Waals surface area (Å²) in [5, 5.41) is 6.94. The third-order valence-electron chi connectivity index (χ3n) is 14.6. The molecule has 1 aliphatic carbocycles. The number of hydrogen-bond acceptors (Lipinski definition) is 4. The molecular formula is C64H40N4O2. The maximum Gasteiger partial charge on any atom is 0.138 e. The molecule has 0 fully saturated rings. The second-order valence-corrected chi connectivity index (χ2v) is 18.5. The van der Waals surface area contributed by atoms with Crippen LogP contribution in [0.3, 0.4) is 0 Å². The van der Waals surface area contributed by atoms with Gasteiger partial charge in [-0.2, -0.15) is 0 Å². The van der Waals surface area contributed by atoms with Crippen molar-refractivity contribution < 1.29 is 9.15 Å². The number of pyridine rings is 2. The highest BCUT2D eigenvalue weighted by Crippen LogP contribution is 2.45. The van der Waals surface area contributed by atoms with E-state index in [0.717, 1.165) is 73.2 Å². The molecule has 6 nitrogen and oxygen atoms in total. The first-order valence-corrected chi connectivity index (χ1v) is 23.8. The summed E-state index contributed by atoms with van der Waals surface area (Å²) in [6, 6.07) is 68.4. The first-order valence-electron chi connectivity index (χ1n) is 23.8. The van der Waals surface area contributed by atoms with Gasteiger partial charge in [0, 0.05) is 86.0 Å². The molecule has 1 atom stereocenters. The quantitative estimate of drug-likeness (QED) is 0.167. The maximum absolute atomic E-state index is 6.43. The molecule has 8 aromatic carbocycles. The van der Waals surface area contributed by atoms with Crippen LogP contribution < -0.4 is 4.74 Å². The Bertz CT molecular complexity index is 4360. The molecule has 328 valence electrons. The minimum atomic E-state index is -0.0109. The molecule has 2 aliphatic rings. The predicted molar refractivity (Wildman–Crippen MR) is 286 cm³/mol. The average Bonchev–Trinajstić information content (AvgIpc) is 4.18. The summed E-state index contributed by atoms with van der Waals surface area (Å²) in [6.07, 6.45) is 12.7. The van der Waals surface area contributed by atoms with Crippen molar-refractivity contribution in [3.05, 3.63) is 236 Å². The van der Waals surface area contributed by atoms with E-state index in [-0.39, 0.29) is 6.10 Å². The number of para-hydroxylation sites is 2. The van der Waals surface area contributed by atoms with Gasteiger partial charge in [-0.25, -0.2) is 0 Å². The van der Waals surface area contributed by atoms with Gasteiger partial charge in [-0.15, -0.1) is 0 Å². The number of rotatable bonds is 6. The first-order chi connectivity index (χ1) is 34.7. The molecule has 0 saturated heterocycles. The Balaban J connectivity index is 0.842. The van der Waals surface area contributed by atoms with Crippen LogP contribution in [0, 0.1) is 0 Å². The van der Waals surface area contributed by atoms with Crippen molar-refractivity contribution in [2.24, 2.45) is 0 Å². The monoisotopic (exact) mass is 896 g/mol. The van der Waals surface area contributed by atoms with Crippen LogP contribution in [-0.2, 0) is 0 Å². The summed E-state index contributed by atoms with van der Waals surface area (Å²) in [6.45, 7) is 0. The molecule has 0 amide bonds. The van der Waals surface area contributed by atoms with Gasteiger partial charge >= 0.3 is 0 Å². The van der Waals surface area contributed by atoms with Gasteiger partial charge in [0.2, 0.25) is 0 Å². The number of benzene rings is 8. The molecule has 5 aromatic heterocycles. The van der Waals surface area contributed by atoms with Gasteiger partial charge in [-0.1, -0.05) is 97.1 Å². The van der Waals surface area contributed by atoms with E-state index in [1.54, 1.807) is 12.4 Å². The minimum absolute atomic E-state index is 0.0109. The van der Waals surface area contributed by atoms with Crippen molar-refractivity contribution in [1.29, 1.82) is 0 Å². The zero-order chi connectivity index (χ0) is 45.9. The van der Waals surface area contributed by atoms with E-state index in [0.29, 0.717) is 0 Å². The Kier molecular flexibility index (Phi) is 8.38. The highest BCUT2D eigenvalue weighted by molar-refractivity contribution is 6.13. The largest absolute Gasteiger partial charge is 0.485 e. The van der Waals surface area contributed by atoms with Crippen LogP contribution in [0.25, 0.3) is 121 Å². The average molecular weight is 897 g/mol. The SMILES string of the molecule is C1=C(c2ccc3c(c2)c2cc(-c4cccc(-c5ccc6c(c5)c5cc(-c7ccc8c(c7)oc7ccncc78)ccc5n6-c5ccccc5)c4)ccc2n3-c2ccccc2)CC2Oc3ccncc3C2=C1. The maximum atomic E-state index is 6.43. The van der Waals surface area contributed by atoms with Crippen molar-refractivity contribution in [3.63, 3.8) is 0 Å². The zero-order valence-electron chi connectivity index (χ0n) is 37.8. The van der Waals surface area contributed by atoms with Gasteiger partial charge < -0.3 is 18.3 Å². The van der Waals surface area contributed by atoms with Crippen molar-refractivity contribution >= 4 is 76.7 Å². The van der Waals surface area contributed by atoms with Gasteiger partial charge in [0.15, 0.2) is 0 Å². The topological polar surface area (TPSA) is 58.0 Å². The fourth-order valence-electron chi connectivity index (χ4n) is 11.3. The number of ether oxygens (including phenoxy) is 1. The third-order valence-corrected chi connectivity index (χ3v) is 14.6. The molecule has 0 radical (unpaired) electrons. The van der Waals surface area contributed by atoms with E-state index in [4.69, 9.17) is 9.15 Å². The molecule has 0 spiro atoms. The van der Waals surface area contributed by atoms with E-state index >= 15 is 0 Å². The van der Waals surface area contributed by atoms with E-state index in [2.05, 4.69) is 207 Å². The van der Waals surface area contributed by atoms with Crippen molar-refractivity contribution in [2.45, 2.75) is 12.5 Å². The lowest BCUT2D eigenvalue weighted by Gasteiger charge is -2.19. The molecule has 0 bridgehead atoms. The number of fused-ring (bicyclic) bond motifs is 12. The summed E-state index contributed by atoms with van der Waals surface area (Å²) in [4.78, 5) is 8.71. The number of furan rings is 1. The fourth-order valence-corrected chi connectivity index (χ4v) is 11.3. The number of hydrogen-bond donors (Lipinski definition) is 0. The van der Waals surface area contributed by atoms with E-state index in [9.17, 15) is 0 Å². The molecule has 1 aliphatic heterocycles. The first kappa shape index (κ1) is 38.8. The Morgan fingerprint density at radius 1 is 0.400 bits per heavy atom. The lowest BCUT2D eigenvalue weighted by Crippen LogP contribution is -2.15.